The van der Waals surface area contributed by atoms with Crippen LogP contribution < -0.4 is 16.4 Å². The predicted octanol–water partition coefficient (Wildman–Crippen LogP) is 2.34. The fraction of sp³-hybridized carbons (Fsp3) is 0.550. The highest BCUT2D eigenvalue weighted by molar-refractivity contribution is 5.90. The van der Waals surface area contributed by atoms with Gasteiger partial charge < -0.3 is 21.1 Å². The Morgan fingerprint density at radius 1 is 1.07 bits per heavy atom. The van der Waals surface area contributed by atoms with Crippen molar-refractivity contribution in [1.82, 2.24) is 10.6 Å². The van der Waals surface area contributed by atoms with Crippen molar-refractivity contribution in [3.05, 3.63) is 35.9 Å². The zero-order chi connectivity index (χ0) is 20.4. The summed E-state index contributed by atoms with van der Waals surface area (Å²) in [4.78, 5) is 36.4. The third kappa shape index (κ3) is 8.11. The summed E-state index contributed by atoms with van der Waals surface area (Å²) in [6.07, 6.45) is 0.423. The van der Waals surface area contributed by atoms with Gasteiger partial charge in [-0.3, -0.25) is 9.59 Å². The lowest BCUT2D eigenvalue weighted by Gasteiger charge is -2.25. The molecule has 0 unspecified atom stereocenters. The fourth-order valence-electron chi connectivity index (χ4n) is 2.59. The summed E-state index contributed by atoms with van der Waals surface area (Å²) in [5, 5.41) is 5.26. The van der Waals surface area contributed by atoms with Gasteiger partial charge in [0.1, 0.15) is 18.7 Å². The van der Waals surface area contributed by atoms with E-state index in [9.17, 15) is 14.4 Å². The Morgan fingerprint density at radius 3 is 2.22 bits per heavy atom. The van der Waals surface area contributed by atoms with E-state index < -0.39 is 30.0 Å². The van der Waals surface area contributed by atoms with Crippen LogP contribution in [0.4, 0.5) is 4.79 Å². The molecular formula is C20H31N3O4. The first-order valence-electron chi connectivity index (χ1n) is 9.31. The summed E-state index contributed by atoms with van der Waals surface area (Å²) < 4.78 is 5.19. The maximum atomic E-state index is 12.6. The fourth-order valence-corrected chi connectivity index (χ4v) is 2.59. The first-order chi connectivity index (χ1) is 12.7. The minimum atomic E-state index is -0.806. The van der Waals surface area contributed by atoms with E-state index in [2.05, 4.69) is 10.6 Å². The van der Waals surface area contributed by atoms with E-state index in [1.807, 2.05) is 58.0 Å². The summed E-state index contributed by atoms with van der Waals surface area (Å²) in [5.41, 5.74) is 6.26. The number of alkyl carbamates (subject to hydrolysis) is 1. The first-order valence-corrected chi connectivity index (χ1v) is 9.31. The number of nitrogens with two attached hydrogens (primary N) is 1. The number of rotatable bonds is 10. The van der Waals surface area contributed by atoms with Crippen LogP contribution in [0, 0.1) is 11.8 Å². The molecule has 1 aromatic carbocycles. The molecule has 3 atom stereocenters. The summed E-state index contributed by atoms with van der Waals surface area (Å²) >= 11 is 0. The number of hydrogen-bond donors (Lipinski definition) is 3. The molecule has 7 heteroatoms. The molecule has 4 N–H and O–H groups in total. The highest BCUT2D eigenvalue weighted by Crippen LogP contribution is 2.10. The molecule has 0 aliphatic carbocycles. The first kappa shape index (κ1) is 22.5. The second-order valence-corrected chi connectivity index (χ2v) is 7.16. The van der Waals surface area contributed by atoms with Gasteiger partial charge in [-0.25, -0.2) is 4.79 Å². The van der Waals surface area contributed by atoms with E-state index in [-0.39, 0.29) is 18.4 Å². The predicted molar refractivity (Wildman–Crippen MR) is 104 cm³/mol. The Morgan fingerprint density at radius 2 is 1.70 bits per heavy atom. The van der Waals surface area contributed by atoms with E-state index in [0.29, 0.717) is 12.8 Å². The van der Waals surface area contributed by atoms with Crippen LogP contribution in [0.15, 0.2) is 30.3 Å². The van der Waals surface area contributed by atoms with E-state index >= 15 is 0 Å². The van der Waals surface area contributed by atoms with Crippen molar-refractivity contribution < 1.29 is 19.1 Å². The lowest BCUT2D eigenvalue weighted by atomic mass is 9.97. The molecule has 27 heavy (non-hydrogen) atoms. The van der Waals surface area contributed by atoms with Gasteiger partial charge in [0.2, 0.25) is 11.8 Å². The molecule has 0 saturated carbocycles. The van der Waals surface area contributed by atoms with Crippen LogP contribution >= 0.6 is 0 Å². The van der Waals surface area contributed by atoms with Gasteiger partial charge >= 0.3 is 6.09 Å². The highest BCUT2D eigenvalue weighted by Gasteiger charge is 2.29. The number of primary amides is 1. The van der Waals surface area contributed by atoms with Crippen molar-refractivity contribution in [2.75, 3.05) is 0 Å². The maximum Gasteiger partial charge on any atom is 0.408 e. The number of nitrogens with one attached hydrogen (secondary N) is 2. The molecule has 0 spiro atoms. The molecule has 3 amide bonds. The van der Waals surface area contributed by atoms with Crippen LogP contribution in [0.2, 0.25) is 0 Å². The molecule has 0 radical (unpaired) electrons. The van der Waals surface area contributed by atoms with Crippen LogP contribution in [-0.4, -0.2) is 30.0 Å². The molecule has 0 aromatic heterocycles. The van der Waals surface area contributed by atoms with Crippen LogP contribution in [0.5, 0.6) is 0 Å². The molecule has 0 fully saturated rings. The van der Waals surface area contributed by atoms with Crippen molar-refractivity contribution in [2.24, 2.45) is 17.6 Å². The van der Waals surface area contributed by atoms with E-state index in [1.54, 1.807) is 0 Å². The molecule has 0 aliphatic rings. The number of carbonyl (C=O) groups excluding carboxylic acids is 3. The van der Waals surface area contributed by atoms with Gasteiger partial charge in [-0.05, 0) is 23.8 Å². The van der Waals surface area contributed by atoms with Gasteiger partial charge in [0.05, 0.1) is 0 Å². The Balaban J connectivity index is 2.71. The van der Waals surface area contributed by atoms with Crippen LogP contribution in [0.25, 0.3) is 0 Å². The number of amides is 3. The number of carbonyl (C=O) groups is 3. The van der Waals surface area contributed by atoms with Crippen LogP contribution in [0.3, 0.4) is 0 Å². The zero-order valence-electron chi connectivity index (χ0n) is 16.5. The number of hydrogen-bond acceptors (Lipinski definition) is 4. The standard InChI is InChI=1S/C20H31N3O4/c1-5-14(4)17(18(21)24)23-19(25)16(11-13(2)3)22-20(26)27-12-15-9-7-6-8-10-15/h6-10,13-14,16-17H,5,11-12H2,1-4H3,(H2,21,24)(H,22,26)(H,23,25)/t14-,16+,17-/m0/s1. The largest absolute Gasteiger partial charge is 0.445 e. The number of ether oxygens (including phenoxy) is 1. The van der Waals surface area contributed by atoms with Gasteiger partial charge in [-0.1, -0.05) is 64.4 Å². The molecule has 7 nitrogen and oxygen atoms in total. The third-order valence-electron chi connectivity index (χ3n) is 4.35. The minimum absolute atomic E-state index is 0.101. The lowest BCUT2D eigenvalue weighted by molar-refractivity contribution is -0.129. The Bertz CT molecular complexity index is 619. The van der Waals surface area contributed by atoms with Crippen molar-refractivity contribution in [1.29, 1.82) is 0 Å². The summed E-state index contributed by atoms with van der Waals surface area (Å²) in [7, 11) is 0. The Kier molecular flexibility index (Phi) is 9.33. The molecular weight excluding hydrogens is 346 g/mol. The lowest BCUT2D eigenvalue weighted by Crippen LogP contribution is -2.55. The second kappa shape index (κ2) is 11.2. The number of benzene rings is 1. The Labute approximate surface area is 161 Å². The average Bonchev–Trinajstić information content (AvgIpc) is 2.63. The molecule has 150 valence electrons. The van der Waals surface area contributed by atoms with E-state index in [0.717, 1.165) is 5.56 Å². The summed E-state index contributed by atoms with van der Waals surface area (Å²) in [6.45, 7) is 7.75. The van der Waals surface area contributed by atoms with Gasteiger partial charge in [-0.2, -0.15) is 0 Å². The van der Waals surface area contributed by atoms with Gasteiger partial charge in [0.15, 0.2) is 0 Å². The van der Waals surface area contributed by atoms with Gasteiger partial charge in [-0.15, -0.1) is 0 Å². The monoisotopic (exact) mass is 377 g/mol. The SMILES string of the molecule is CC[C@H](C)[C@H](NC(=O)[C@@H](CC(C)C)NC(=O)OCc1ccccc1)C(N)=O. The maximum absolute atomic E-state index is 12.6. The molecule has 0 heterocycles. The molecule has 1 aromatic rings. The summed E-state index contributed by atoms with van der Waals surface area (Å²) in [5.74, 6) is -0.973. The highest BCUT2D eigenvalue weighted by atomic mass is 16.5. The van der Waals surface area contributed by atoms with Crippen molar-refractivity contribution >= 4 is 17.9 Å². The topological polar surface area (TPSA) is 111 Å². The van der Waals surface area contributed by atoms with Crippen LogP contribution in [-0.2, 0) is 20.9 Å². The molecule has 0 bridgehead atoms. The van der Waals surface area contributed by atoms with E-state index in [4.69, 9.17) is 10.5 Å². The Hall–Kier alpha value is -2.57. The van der Waals surface area contributed by atoms with Crippen LogP contribution in [0.1, 0.15) is 46.1 Å². The quantitative estimate of drug-likeness (QED) is 0.581. The van der Waals surface area contributed by atoms with Gasteiger partial charge in [0, 0.05) is 0 Å². The second-order valence-electron chi connectivity index (χ2n) is 7.16. The van der Waals surface area contributed by atoms with Gasteiger partial charge in [0.25, 0.3) is 0 Å². The average molecular weight is 377 g/mol. The zero-order valence-corrected chi connectivity index (χ0v) is 16.5. The van der Waals surface area contributed by atoms with Crippen molar-refractivity contribution in [2.45, 2.75) is 59.2 Å². The van der Waals surface area contributed by atoms with Crippen molar-refractivity contribution in [3.8, 4) is 0 Å². The summed E-state index contributed by atoms with van der Waals surface area (Å²) in [6, 6.07) is 7.68. The third-order valence-corrected chi connectivity index (χ3v) is 4.35. The molecule has 0 aliphatic heterocycles. The van der Waals surface area contributed by atoms with Crippen molar-refractivity contribution in [3.63, 3.8) is 0 Å². The minimum Gasteiger partial charge on any atom is -0.445 e. The smallest absolute Gasteiger partial charge is 0.408 e. The molecule has 1 rings (SSSR count). The molecule has 0 saturated heterocycles. The van der Waals surface area contributed by atoms with E-state index in [1.165, 1.54) is 0 Å². The normalized spacial score (nSPS) is 14.1.